The third-order valence-corrected chi connectivity index (χ3v) is 4.39. The first-order valence-corrected chi connectivity index (χ1v) is 7.09. The molecule has 5 heteroatoms. The number of carbonyl (C=O) groups excluding carboxylic acids is 1. The quantitative estimate of drug-likeness (QED) is 0.908. The second-order valence-corrected chi connectivity index (χ2v) is 5.93. The lowest BCUT2D eigenvalue weighted by atomic mass is 10.3. The fourth-order valence-corrected chi connectivity index (χ4v) is 3.31. The minimum atomic E-state index is -0.0501. The van der Waals surface area contributed by atoms with Crippen LogP contribution in [0, 0.1) is 0 Å². The zero-order valence-corrected chi connectivity index (χ0v) is 11.6. The topological polar surface area (TPSA) is 32.3 Å². The van der Waals surface area contributed by atoms with Crippen LogP contribution in [0.3, 0.4) is 0 Å². The molecule has 0 bridgehead atoms. The molecular weight excluding hydrogens is 288 g/mol. The summed E-state index contributed by atoms with van der Waals surface area (Å²) in [6, 6.07) is 2.03. The maximum atomic E-state index is 12.0. The normalized spacial score (nSPS) is 22.2. The summed E-state index contributed by atoms with van der Waals surface area (Å²) in [5.74, 6) is 0.210. The lowest BCUT2D eigenvalue weighted by Crippen LogP contribution is -2.41. The van der Waals surface area contributed by atoms with Crippen LogP contribution in [0.4, 0.5) is 0 Å². The van der Waals surface area contributed by atoms with Gasteiger partial charge in [0.05, 0.1) is 12.6 Å². The van der Waals surface area contributed by atoms with Gasteiger partial charge < -0.3 is 10.2 Å². The van der Waals surface area contributed by atoms with E-state index in [1.165, 1.54) is 4.88 Å². The minimum absolute atomic E-state index is 0.0501. The van der Waals surface area contributed by atoms with Gasteiger partial charge in [0.2, 0.25) is 5.91 Å². The molecule has 0 radical (unpaired) electrons. The molecule has 1 aliphatic rings. The van der Waals surface area contributed by atoms with Crippen LogP contribution >= 0.6 is 27.3 Å². The number of amides is 1. The second-order valence-electron chi connectivity index (χ2n) is 4.02. The van der Waals surface area contributed by atoms with Crippen LogP contribution in [-0.2, 0) is 11.3 Å². The molecule has 16 heavy (non-hydrogen) atoms. The van der Waals surface area contributed by atoms with Crippen molar-refractivity contribution >= 4 is 33.2 Å². The summed E-state index contributed by atoms with van der Waals surface area (Å²) in [4.78, 5) is 15.2. The van der Waals surface area contributed by atoms with Crippen molar-refractivity contribution in [3.63, 3.8) is 0 Å². The summed E-state index contributed by atoms with van der Waals surface area (Å²) in [5, 5.41) is 5.27. The Balaban J connectivity index is 2.04. The van der Waals surface area contributed by atoms with Gasteiger partial charge in [-0.05, 0) is 41.9 Å². The van der Waals surface area contributed by atoms with Crippen LogP contribution in [0.15, 0.2) is 15.9 Å². The lowest BCUT2D eigenvalue weighted by Gasteiger charge is -2.21. The Labute approximate surface area is 108 Å². The first-order chi connectivity index (χ1) is 7.66. The van der Waals surface area contributed by atoms with Crippen LogP contribution < -0.4 is 5.32 Å². The van der Waals surface area contributed by atoms with Gasteiger partial charge in [-0.3, -0.25) is 4.79 Å². The van der Waals surface area contributed by atoms with Crippen molar-refractivity contribution in [2.24, 2.45) is 0 Å². The Morgan fingerprint density at radius 1 is 1.69 bits per heavy atom. The standard InChI is InChI=1S/C11H15BrN2OS/c1-8-11(15)14(4-2-3-13-8)6-10-5-9(12)7-16-10/h5,7-8,13H,2-4,6H2,1H3. The summed E-state index contributed by atoms with van der Waals surface area (Å²) in [6.07, 6.45) is 1.03. The maximum Gasteiger partial charge on any atom is 0.239 e. The number of rotatable bonds is 2. The summed E-state index contributed by atoms with van der Waals surface area (Å²) >= 11 is 5.13. The third-order valence-electron chi connectivity index (χ3n) is 2.71. The molecule has 1 aromatic heterocycles. The Hall–Kier alpha value is -0.390. The monoisotopic (exact) mass is 302 g/mol. The zero-order chi connectivity index (χ0) is 11.5. The smallest absolute Gasteiger partial charge is 0.239 e. The van der Waals surface area contributed by atoms with E-state index in [1.54, 1.807) is 11.3 Å². The van der Waals surface area contributed by atoms with Crippen LogP contribution in [0.5, 0.6) is 0 Å². The largest absolute Gasteiger partial charge is 0.336 e. The molecule has 0 aliphatic carbocycles. The summed E-state index contributed by atoms with van der Waals surface area (Å²) in [6.45, 7) is 4.45. The SMILES string of the molecule is CC1NCCCN(Cc2cc(Br)cs2)C1=O. The molecule has 0 saturated carbocycles. The molecule has 1 aromatic rings. The number of thiophene rings is 1. The van der Waals surface area contributed by atoms with Crippen LogP contribution in [0.25, 0.3) is 0 Å². The summed E-state index contributed by atoms with van der Waals surface area (Å²) in [5.41, 5.74) is 0. The zero-order valence-electron chi connectivity index (χ0n) is 9.20. The molecule has 1 N–H and O–H groups in total. The van der Waals surface area contributed by atoms with Crippen molar-refractivity contribution in [1.29, 1.82) is 0 Å². The Bertz CT molecular complexity index is 380. The van der Waals surface area contributed by atoms with E-state index in [1.807, 2.05) is 11.8 Å². The molecule has 1 unspecified atom stereocenters. The highest BCUT2D eigenvalue weighted by atomic mass is 79.9. The predicted octanol–water partition coefficient (Wildman–Crippen LogP) is 2.22. The molecule has 1 saturated heterocycles. The Kier molecular flexibility index (Phi) is 4.00. The van der Waals surface area contributed by atoms with Crippen LogP contribution in [0.1, 0.15) is 18.2 Å². The van der Waals surface area contributed by atoms with Crippen molar-refractivity contribution in [2.45, 2.75) is 25.9 Å². The van der Waals surface area contributed by atoms with E-state index >= 15 is 0 Å². The molecule has 0 aromatic carbocycles. The lowest BCUT2D eigenvalue weighted by molar-refractivity contribution is -0.132. The van der Waals surface area contributed by atoms with Crippen molar-refractivity contribution < 1.29 is 4.79 Å². The number of carbonyl (C=O) groups is 1. The molecule has 1 amide bonds. The highest BCUT2D eigenvalue weighted by Gasteiger charge is 2.23. The molecule has 1 fully saturated rings. The molecule has 0 spiro atoms. The molecule has 1 aliphatic heterocycles. The number of nitrogens with one attached hydrogen (secondary N) is 1. The first-order valence-electron chi connectivity index (χ1n) is 5.42. The number of halogens is 1. The van der Waals surface area contributed by atoms with Gasteiger partial charge in [-0.15, -0.1) is 11.3 Å². The molecular formula is C11H15BrN2OS. The third kappa shape index (κ3) is 2.84. The van der Waals surface area contributed by atoms with Gasteiger partial charge in [0, 0.05) is 21.3 Å². The van der Waals surface area contributed by atoms with E-state index in [-0.39, 0.29) is 11.9 Å². The number of hydrogen-bond donors (Lipinski definition) is 1. The van der Waals surface area contributed by atoms with Crippen molar-refractivity contribution in [3.05, 3.63) is 20.8 Å². The molecule has 2 rings (SSSR count). The average Bonchev–Trinajstić information content (AvgIpc) is 2.60. The fourth-order valence-electron chi connectivity index (χ4n) is 1.84. The van der Waals surface area contributed by atoms with Gasteiger partial charge in [-0.2, -0.15) is 0 Å². The summed E-state index contributed by atoms with van der Waals surface area (Å²) in [7, 11) is 0. The van der Waals surface area contributed by atoms with Gasteiger partial charge in [-0.25, -0.2) is 0 Å². The number of hydrogen-bond acceptors (Lipinski definition) is 3. The average molecular weight is 303 g/mol. The van der Waals surface area contributed by atoms with Gasteiger partial charge in [0.25, 0.3) is 0 Å². The fraction of sp³-hybridized carbons (Fsp3) is 0.545. The van der Waals surface area contributed by atoms with Gasteiger partial charge in [0.1, 0.15) is 0 Å². The molecule has 88 valence electrons. The highest BCUT2D eigenvalue weighted by molar-refractivity contribution is 9.10. The van der Waals surface area contributed by atoms with Crippen molar-refractivity contribution in [3.8, 4) is 0 Å². The number of nitrogens with zero attached hydrogens (tertiary/aromatic N) is 1. The van der Waals surface area contributed by atoms with E-state index in [0.717, 1.165) is 30.5 Å². The molecule has 2 heterocycles. The second kappa shape index (κ2) is 5.29. The van der Waals surface area contributed by atoms with Crippen LogP contribution in [0.2, 0.25) is 0 Å². The Morgan fingerprint density at radius 3 is 3.19 bits per heavy atom. The first kappa shape index (κ1) is 12.1. The van der Waals surface area contributed by atoms with Gasteiger partial charge in [0.15, 0.2) is 0 Å². The van der Waals surface area contributed by atoms with E-state index in [0.29, 0.717) is 0 Å². The predicted molar refractivity (Wildman–Crippen MR) is 69.5 cm³/mol. The van der Waals surface area contributed by atoms with E-state index in [2.05, 4.69) is 32.7 Å². The maximum absolute atomic E-state index is 12.0. The van der Waals surface area contributed by atoms with Crippen molar-refractivity contribution in [2.75, 3.05) is 13.1 Å². The van der Waals surface area contributed by atoms with Gasteiger partial charge >= 0.3 is 0 Å². The summed E-state index contributed by atoms with van der Waals surface area (Å²) < 4.78 is 1.10. The van der Waals surface area contributed by atoms with E-state index in [4.69, 9.17) is 0 Å². The Morgan fingerprint density at radius 2 is 2.50 bits per heavy atom. The van der Waals surface area contributed by atoms with E-state index in [9.17, 15) is 4.79 Å². The molecule has 3 nitrogen and oxygen atoms in total. The molecule has 1 atom stereocenters. The van der Waals surface area contributed by atoms with Crippen LogP contribution in [-0.4, -0.2) is 29.9 Å². The van der Waals surface area contributed by atoms with E-state index < -0.39 is 0 Å². The minimum Gasteiger partial charge on any atom is -0.336 e. The van der Waals surface area contributed by atoms with Crippen molar-refractivity contribution in [1.82, 2.24) is 10.2 Å². The van der Waals surface area contributed by atoms with Gasteiger partial charge in [-0.1, -0.05) is 0 Å². The highest BCUT2D eigenvalue weighted by Crippen LogP contribution is 2.21.